The van der Waals surface area contributed by atoms with Crippen LogP contribution in [-0.2, 0) is 16.6 Å². The molecule has 8 nitrogen and oxygen atoms in total. The van der Waals surface area contributed by atoms with Gasteiger partial charge >= 0.3 is 0 Å². The Kier molecular flexibility index (Phi) is 8.96. The number of carbonyl (C=O) groups excluding carboxylic acids is 1. The zero-order valence-electron chi connectivity index (χ0n) is 23.2. The Labute approximate surface area is 259 Å². The molecule has 5 aromatic rings. The van der Waals surface area contributed by atoms with Gasteiger partial charge in [0.25, 0.3) is 15.9 Å². The van der Waals surface area contributed by atoms with Gasteiger partial charge in [-0.25, -0.2) is 18.8 Å². The molecule has 0 aliphatic heterocycles. The summed E-state index contributed by atoms with van der Waals surface area (Å²) < 4.78 is 34.4. The van der Waals surface area contributed by atoms with Gasteiger partial charge in [-0.3, -0.25) is 9.10 Å². The first kappa shape index (κ1) is 30.0. The molecule has 1 aromatic heterocycles. The Hall–Kier alpha value is -4.44. The number of sulfonamides is 1. The third-order valence-corrected chi connectivity index (χ3v) is 8.97. The van der Waals surface area contributed by atoms with Crippen molar-refractivity contribution in [2.45, 2.75) is 18.4 Å². The second-order valence-electron chi connectivity index (χ2n) is 9.59. The summed E-state index contributed by atoms with van der Waals surface area (Å²) in [6, 6.07) is 27.0. The lowest BCUT2D eigenvalue weighted by molar-refractivity contribution is 0.0955. The number of hydrazone groups is 1. The summed E-state index contributed by atoms with van der Waals surface area (Å²) in [5.41, 5.74) is 5.52. The number of nitrogens with zero attached hydrogens (tertiary/aromatic N) is 3. The molecule has 1 amide bonds. The second kappa shape index (κ2) is 12.8. The summed E-state index contributed by atoms with van der Waals surface area (Å²) in [7, 11) is -2.51. The molecular weight excluding hydrogens is 607 g/mol. The number of rotatable bonds is 9. The number of carbonyl (C=O) groups is 1. The van der Waals surface area contributed by atoms with Crippen LogP contribution in [0.1, 0.15) is 27.0 Å². The fraction of sp³-hybridized carbons (Fsp3) is 0.0938. The van der Waals surface area contributed by atoms with Gasteiger partial charge in [0, 0.05) is 22.0 Å². The smallest absolute Gasteiger partial charge is 0.273 e. The van der Waals surface area contributed by atoms with Gasteiger partial charge in [-0.1, -0.05) is 65.2 Å². The fourth-order valence-electron chi connectivity index (χ4n) is 4.35. The summed E-state index contributed by atoms with van der Waals surface area (Å²) >= 11 is 12.4. The zero-order chi connectivity index (χ0) is 30.6. The highest BCUT2D eigenvalue weighted by Crippen LogP contribution is 2.30. The lowest BCUT2D eigenvalue weighted by Crippen LogP contribution is -2.33. The first-order chi connectivity index (χ1) is 20.7. The fourth-order valence-corrected chi connectivity index (χ4v) is 6.15. The summed E-state index contributed by atoms with van der Waals surface area (Å²) in [5, 5.41) is 5.61. The van der Waals surface area contributed by atoms with Crippen LogP contribution in [-0.4, -0.2) is 32.6 Å². The lowest BCUT2D eigenvalue weighted by Gasteiger charge is -2.26. The van der Waals surface area contributed by atoms with Crippen LogP contribution in [0.3, 0.4) is 0 Å². The third-order valence-electron chi connectivity index (χ3n) is 6.64. The molecule has 4 aromatic carbocycles. The molecule has 0 saturated carbocycles. The number of hydrogen-bond donors (Lipinski definition) is 1. The Morgan fingerprint density at radius 3 is 2.42 bits per heavy atom. The summed E-state index contributed by atoms with van der Waals surface area (Å²) in [5.74, 6) is 0.0413. The molecule has 1 heterocycles. The molecule has 0 fully saturated rings. The highest BCUT2D eigenvalue weighted by Gasteiger charge is 2.28. The van der Waals surface area contributed by atoms with E-state index in [-0.39, 0.29) is 27.8 Å². The number of benzene rings is 4. The van der Waals surface area contributed by atoms with Crippen molar-refractivity contribution < 1.29 is 17.9 Å². The number of pyridine rings is 1. The Morgan fingerprint density at radius 2 is 1.70 bits per heavy atom. The van der Waals surface area contributed by atoms with Crippen molar-refractivity contribution >= 4 is 61.9 Å². The van der Waals surface area contributed by atoms with Gasteiger partial charge in [-0.2, -0.15) is 5.10 Å². The van der Waals surface area contributed by atoms with Crippen LogP contribution in [0.4, 0.5) is 5.69 Å². The summed E-state index contributed by atoms with van der Waals surface area (Å²) in [6.45, 7) is 1.84. The predicted molar refractivity (Wildman–Crippen MR) is 171 cm³/mol. The van der Waals surface area contributed by atoms with E-state index in [1.165, 1.54) is 16.6 Å². The van der Waals surface area contributed by atoms with E-state index in [0.717, 1.165) is 10.9 Å². The van der Waals surface area contributed by atoms with Gasteiger partial charge in [-0.15, -0.1) is 0 Å². The standard InChI is InChI=1S/C32H26Cl2N4O4S/c1-21-7-15-27(16-8-21)43(40,41)38(20-22-9-12-25(33)13-10-22)30-6-4-3-5-28(30)32(39)37-35-19-24-17-23-11-14-26(42-2)18-29(23)36-31(24)34/h3-19H,20H2,1-2H3,(H,37,39). The van der Waals surface area contributed by atoms with Gasteiger partial charge in [-0.05, 0) is 67.1 Å². The van der Waals surface area contributed by atoms with E-state index in [1.54, 1.807) is 92.0 Å². The van der Waals surface area contributed by atoms with Crippen LogP contribution in [0.15, 0.2) is 107 Å². The summed E-state index contributed by atoms with van der Waals surface area (Å²) in [4.78, 5) is 17.9. The van der Waals surface area contributed by atoms with Crippen LogP contribution < -0.4 is 14.5 Å². The normalized spacial score (nSPS) is 11.5. The van der Waals surface area contributed by atoms with Crippen molar-refractivity contribution in [3.05, 3.63) is 129 Å². The van der Waals surface area contributed by atoms with Crippen molar-refractivity contribution in [2.75, 3.05) is 11.4 Å². The Balaban J connectivity index is 1.47. The molecule has 0 bridgehead atoms. The average molecular weight is 634 g/mol. The van der Waals surface area contributed by atoms with E-state index in [1.807, 2.05) is 13.0 Å². The van der Waals surface area contributed by atoms with E-state index in [4.69, 9.17) is 27.9 Å². The Bertz CT molecular complexity index is 1930. The number of halogens is 2. The average Bonchev–Trinajstić information content (AvgIpc) is 3.00. The monoisotopic (exact) mass is 632 g/mol. The van der Waals surface area contributed by atoms with E-state index in [0.29, 0.717) is 27.4 Å². The number of fused-ring (bicyclic) bond motifs is 1. The number of aromatic nitrogens is 1. The molecule has 0 unspecified atom stereocenters. The van der Waals surface area contributed by atoms with Gasteiger partial charge < -0.3 is 4.74 Å². The minimum atomic E-state index is -4.08. The number of anilines is 1. The first-order valence-corrected chi connectivity index (χ1v) is 15.3. The van der Waals surface area contributed by atoms with E-state index in [2.05, 4.69) is 15.5 Å². The van der Waals surface area contributed by atoms with Crippen LogP contribution in [0.25, 0.3) is 10.9 Å². The van der Waals surface area contributed by atoms with Crippen LogP contribution in [0.5, 0.6) is 5.75 Å². The van der Waals surface area contributed by atoms with E-state index < -0.39 is 15.9 Å². The van der Waals surface area contributed by atoms with E-state index >= 15 is 0 Å². The van der Waals surface area contributed by atoms with Gasteiger partial charge in [0.2, 0.25) is 0 Å². The lowest BCUT2D eigenvalue weighted by atomic mass is 10.1. The summed E-state index contributed by atoms with van der Waals surface area (Å²) in [6.07, 6.45) is 1.38. The number of methoxy groups -OCH3 is 1. The third kappa shape index (κ3) is 6.80. The number of para-hydroxylation sites is 1. The molecule has 0 aliphatic carbocycles. The van der Waals surface area contributed by atoms with Crippen LogP contribution in [0, 0.1) is 6.92 Å². The number of hydrogen-bond acceptors (Lipinski definition) is 6. The van der Waals surface area contributed by atoms with Gasteiger partial charge in [0.1, 0.15) is 10.9 Å². The molecule has 43 heavy (non-hydrogen) atoms. The number of nitrogens with one attached hydrogen (secondary N) is 1. The van der Waals surface area contributed by atoms with Crippen molar-refractivity contribution in [3.8, 4) is 5.75 Å². The van der Waals surface area contributed by atoms with Crippen molar-refractivity contribution in [1.29, 1.82) is 0 Å². The molecule has 218 valence electrons. The first-order valence-electron chi connectivity index (χ1n) is 13.1. The topological polar surface area (TPSA) is 101 Å². The minimum absolute atomic E-state index is 0.0376. The molecule has 0 aliphatic rings. The maximum Gasteiger partial charge on any atom is 0.273 e. The molecular formula is C32H26Cl2N4O4S. The van der Waals surface area contributed by atoms with Crippen molar-refractivity contribution in [3.63, 3.8) is 0 Å². The maximum atomic E-state index is 14.0. The highest BCUT2D eigenvalue weighted by molar-refractivity contribution is 7.92. The number of amides is 1. The number of aryl methyl sites for hydroxylation is 1. The van der Waals surface area contributed by atoms with Crippen molar-refractivity contribution in [2.24, 2.45) is 5.10 Å². The molecule has 0 atom stereocenters. The van der Waals surface area contributed by atoms with Crippen LogP contribution in [0.2, 0.25) is 10.2 Å². The quantitative estimate of drug-likeness (QED) is 0.107. The maximum absolute atomic E-state index is 14.0. The second-order valence-corrected chi connectivity index (χ2v) is 12.3. The molecule has 5 rings (SSSR count). The molecule has 11 heteroatoms. The van der Waals surface area contributed by atoms with Crippen LogP contribution >= 0.6 is 23.2 Å². The molecule has 0 radical (unpaired) electrons. The van der Waals surface area contributed by atoms with Gasteiger partial charge in [0.15, 0.2) is 0 Å². The molecule has 1 N–H and O–H groups in total. The number of ether oxygens (including phenoxy) is 1. The zero-order valence-corrected chi connectivity index (χ0v) is 25.5. The minimum Gasteiger partial charge on any atom is -0.497 e. The molecule has 0 saturated heterocycles. The highest BCUT2D eigenvalue weighted by atomic mass is 35.5. The Morgan fingerprint density at radius 1 is 0.977 bits per heavy atom. The van der Waals surface area contributed by atoms with Crippen molar-refractivity contribution in [1.82, 2.24) is 10.4 Å². The van der Waals surface area contributed by atoms with Gasteiger partial charge in [0.05, 0.1) is 41.5 Å². The van der Waals surface area contributed by atoms with E-state index in [9.17, 15) is 13.2 Å². The predicted octanol–water partition coefficient (Wildman–Crippen LogP) is 7.02. The largest absolute Gasteiger partial charge is 0.497 e. The molecule has 0 spiro atoms. The SMILES string of the molecule is COc1ccc2cc(C=NNC(=O)c3ccccc3N(Cc3ccc(Cl)cc3)S(=O)(=O)c3ccc(C)cc3)c(Cl)nc2c1.